The average molecular weight is 488 g/mol. The molecule has 1 atom stereocenters. The lowest BCUT2D eigenvalue weighted by Crippen LogP contribution is -2.19. The van der Waals surface area contributed by atoms with Crippen molar-refractivity contribution in [1.82, 2.24) is 4.98 Å². The number of nitrogens with one attached hydrogen (secondary N) is 1. The van der Waals surface area contributed by atoms with Crippen LogP contribution in [-0.2, 0) is 0 Å². The van der Waals surface area contributed by atoms with E-state index in [0.717, 1.165) is 51.7 Å². The summed E-state index contributed by atoms with van der Waals surface area (Å²) in [4.78, 5) is 3.72. The van der Waals surface area contributed by atoms with Gasteiger partial charge in [-0.3, -0.25) is 5.01 Å². The van der Waals surface area contributed by atoms with Gasteiger partial charge in [-0.15, -0.1) is 0 Å². The van der Waals surface area contributed by atoms with Crippen LogP contribution >= 0.6 is 0 Å². The summed E-state index contributed by atoms with van der Waals surface area (Å²) in [6, 6.07) is 33.5. The molecule has 0 spiro atoms. The molecule has 1 unspecified atom stereocenters. The number of methoxy groups -OCH3 is 2. The molecule has 5 aromatic rings. The SMILES string of the molecule is COc1ccc(C2=NN(c3ccccc3C)C(c3c(-c4ccc(OC)cc4)[nH]c4ccccc34)C2)cc1. The Balaban J connectivity index is 1.52. The molecule has 1 N–H and O–H groups in total. The average Bonchev–Trinajstić information content (AvgIpc) is 3.55. The maximum atomic E-state index is 5.42. The maximum absolute atomic E-state index is 5.42. The number of hydrogen-bond acceptors (Lipinski definition) is 4. The predicted octanol–water partition coefficient (Wildman–Crippen LogP) is 7.52. The Hall–Kier alpha value is -4.51. The van der Waals surface area contributed by atoms with Crippen molar-refractivity contribution in [2.45, 2.75) is 19.4 Å². The molecule has 1 aromatic heterocycles. The summed E-state index contributed by atoms with van der Waals surface area (Å²) in [5, 5.41) is 8.64. The molecule has 0 saturated heterocycles. The summed E-state index contributed by atoms with van der Waals surface area (Å²) in [6.07, 6.45) is 0.783. The Bertz CT molecular complexity index is 1580. The predicted molar refractivity (Wildman–Crippen MR) is 151 cm³/mol. The number of aryl methyl sites for hydroxylation is 1. The van der Waals surface area contributed by atoms with E-state index in [1.54, 1.807) is 14.2 Å². The fourth-order valence-electron chi connectivity index (χ4n) is 5.23. The van der Waals surface area contributed by atoms with Crippen molar-refractivity contribution in [2.75, 3.05) is 19.2 Å². The molecule has 0 saturated carbocycles. The molecule has 2 heterocycles. The van der Waals surface area contributed by atoms with Crippen LogP contribution in [0.3, 0.4) is 0 Å². The van der Waals surface area contributed by atoms with Crippen molar-refractivity contribution in [2.24, 2.45) is 5.10 Å². The lowest BCUT2D eigenvalue weighted by atomic mass is 9.93. The summed E-state index contributed by atoms with van der Waals surface area (Å²) in [7, 11) is 3.38. The van der Waals surface area contributed by atoms with E-state index < -0.39 is 0 Å². The van der Waals surface area contributed by atoms with E-state index in [1.807, 2.05) is 24.3 Å². The minimum absolute atomic E-state index is 0.0199. The number of hydrogen-bond donors (Lipinski definition) is 1. The summed E-state index contributed by atoms with van der Waals surface area (Å²) in [6.45, 7) is 2.15. The van der Waals surface area contributed by atoms with Crippen LogP contribution in [0.4, 0.5) is 5.69 Å². The van der Waals surface area contributed by atoms with E-state index in [0.29, 0.717) is 0 Å². The lowest BCUT2D eigenvalue weighted by Gasteiger charge is -2.26. The Morgan fingerprint density at radius 3 is 2.05 bits per heavy atom. The smallest absolute Gasteiger partial charge is 0.118 e. The lowest BCUT2D eigenvalue weighted by molar-refractivity contribution is 0.414. The summed E-state index contributed by atoms with van der Waals surface area (Å²) < 4.78 is 10.8. The first-order valence-corrected chi connectivity index (χ1v) is 12.5. The van der Waals surface area contributed by atoms with Crippen LogP contribution in [0.5, 0.6) is 11.5 Å². The summed E-state index contributed by atoms with van der Waals surface area (Å²) in [5.74, 6) is 1.68. The summed E-state index contributed by atoms with van der Waals surface area (Å²) >= 11 is 0. The zero-order valence-electron chi connectivity index (χ0n) is 21.2. The van der Waals surface area contributed by atoms with Gasteiger partial charge >= 0.3 is 0 Å². The monoisotopic (exact) mass is 487 g/mol. The van der Waals surface area contributed by atoms with Crippen LogP contribution in [0, 0.1) is 6.92 Å². The highest BCUT2D eigenvalue weighted by atomic mass is 16.5. The molecule has 184 valence electrons. The van der Waals surface area contributed by atoms with Crippen LogP contribution < -0.4 is 14.5 Å². The van der Waals surface area contributed by atoms with Gasteiger partial charge in [-0.25, -0.2) is 0 Å². The van der Waals surface area contributed by atoms with Crippen LogP contribution in [0.2, 0.25) is 0 Å². The highest BCUT2D eigenvalue weighted by Gasteiger charge is 2.34. The molecule has 37 heavy (non-hydrogen) atoms. The van der Waals surface area contributed by atoms with Crippen molar-refractivity contribution in [3.8, 4) is 22.8 Å². The molecule has 0 fully saturated rings. The molecule has 0 amide bonds. The number of nitrogens with zero attached hydrogens (tertiary/aromatic N) is 2. The van der Waals surface area contributed by atoms with Gasteiger partial charge in [0.25, 0.3) is 0 Å². The Morgan fingerprint density at radius 1 is 0.757 bits per heavy atom. The Labute approximate surface area is 217 Å². The first kappa shape index (κ1) is 22.9. The molecular weight excluding hydrogens is 458 g/mol. The van der Waals surface area contributed by atoms with Crippen molar-refractivity contribution in [3.63, 3.8) is 0 Å². The van der Waals surface area contributed by atoms with Gasteiger partial charge in [0.2, 0.25) is 0 Å². The minimum atomic E-state index is 0.0199. The second-order valence-corrected chi connectivity index (χ2v) is 9.31. The van der Waals surface area contributed by atoms with Crippen molar-refractivity contribution in [1.29, 1.82) is 0 Å². The second kappa shape index (κ2) is 9.51. The van der Waals surface area contributed by atoms with Gasteiger partial charge in [0, 0.05) is 22.9 Å². The molecule has 0 bridgehead atoms. The van der Waals surface area contributed by atoms with E-state index in [-0.39, 0.29) is 6.04 Å². The fraction of sp³-hybridized carbons (Fsp3) is 0.156. The van der Waals surface area contributed by atoms with Gasteiger partial charge in [-0.05, 0) is 84.3 Å². The van der Waals surface area contributed by atoms with Gasteiger partial charge in [0.15, 0.2) is 0 Å². The summed E-state index contributed by atoms with van der Waals surface area (Å²) in [5.41, 5.74) is 9.06. The topological polar surface area (TPSA) is 49.9 Å². The van der Waals surface area contributed by atoms with E-state index >= 15 is 0 Å². The number of fused-ring (bicyclic) bond motifs is 1. The number of anilines is 1. The Kier molecular flexibility index (Phi) is 5.89. The number of rotatable bonds is 6. The molecule has 1 aliphatic heterocycles. The third kappa shape index (κ3) is 4.12. The zero-order valence-corrected chi connectivity index (χ0v) is 21.2. The molecule has 1 aliphatic rings. The number of hydrazone groups is 1. The van der Waals surface area contributed by atoms with Gasteiger partial charge in [-0.2, -0.15) is 5.10 Å². The highest BCUT2D eigenvalue weighted by molar-refractivity contribution is 6.04. The van der Waals surface area contributed by atoms with Gasteiger partial charge < -0.3 is 14.5 Å². The molecule has 5 heteroatoms. The first-order valence-electron chi connectivity index (χ1n) is 12.5. The van der Waals surface area contributed by atoms with Crippen LogP contribution in [0.15, 0.2) is 102 Å². The first-order chi connectivity index (χ1) is 18.2. The van der Waals surface area contributed by atoms with E-state index in [1.165, 1.54) is 16.5 Å². The standard InChI is InChI=1S/C32H29N3O2/c1-21-8-4-7-11-29(21)35-30(20-28(34-35)22-12-16-24(36-2)17-13-22)31-26-9-5-6-10-27(26)33-32(31)23-14-18-25(37-3)19-15-23/h4-19,30,33H,20H2,1-3H3. The number of aromatic amines is 1. The van der Waals surface area contributed by atoms with E-state index in [4.69, 9.17) is 14.6 Å². The fourth-order valence-corrected chi connectivity index (χ4v) is 5.23. The second-order valence-electron chi connectivity index (χ2n) is 9.31. The quantitative estimate of drug-likeness (QED) is 0.269. The number of aromatic nitrogens is 1. The number of H-pyrrole nitrogens is 1. The number of ether oxygens (including phenoxy) is 2. The largest absolute Gasteiger partial charge is 0.497 e. The van der Waals surface area contributed by atoms with Crippen molar-refractivity contribution in [3.05, 3.63) is 114 Å². The maximum Gasteiger partial charge on any atom is 0.118 e. The molecule has 5 nitrogen and oxygen atoms in total. The number of para-hydroxylation sites is 2. The molecule has 0 aliphatic carbocycles. The molecule has 0 radical (unpaired) electrons. The third-order valence-corrected chi connectivity index (χ3v) is 7.15. The zero-order chi connectivity index (χ0) is 25.4. The minimum Gasteiger partial charge on any atom is -0.497 e. The van der Waals surface area contributed by atoms with Gasteiger partial charge in [0.1, 0.15) is 11.5 Å². The van der Waals surface area contributed by atoms with E-state index in [9.17, 15) is 0 Å². The Morgan fingerprint density at radius 2 is 1.38 bits per heavy atom. The molecule has 6 rings (SSSR count). The molecule has 4 aromatic carbocycles. The van der Waals surface area contributed by atoms with Gasteiger partial charge in [-0.1, -0.05) is 36.4 Å². The van der Waals surface area contributed by atoms with Crippen molar-refractivity contribution >= 4 is 22.3 Å². The third-order valence-electron chi connectivity index (χ3n) is 7.15. The van der Waals surface area contributed by atoms with Crippen LogP contribution in [-0.4, -0.2) is 24.9 Å². The van der Waals surface area contributed by atoms with E-state index in [2.05, 4.69) is 89.7 Å². The van der Waals surface area contributed by atoms with Crippen LogP contribution in [0.25, 0.3) is 22.2 Å². The van der Waals surface area contributed by atoms with Crippen LogP contribution in [0.1, 0.15) is 29.2 Å². The molecular formula is C32H29N3O2. The number of benzene rings is 4. The highest BCUT2D eigenvalue weighted by Crippen LogP contribution is 2.45. The normalized spacial score (nSPS) is 15.2. The van der Waals surface area contributed by atoms with Gasteiger partial charge in [0.05, 0.1) is 37.4 Å². The van der Waals surface area contributed by atoms with Crippen molar-refractivity contribution < 1.29 is 9.47 Å².